The first-order valence-electron chi connectivity index (χ1n) is 9.71. The van der Waals surface area contributed by atoms with Crippen LogP contribution in [-0.4, -0.2) is 31.7 Å². The molecule has 0 aliphatic heterocycles. The molecule has 3 aliphatic carbocycles. The number of carboxylic acids is 1. The van der Waals surface area contributed by atoms with Gasteiger partial charge in [-0.05, 0) is 67.3 Å². The Morgan fingerprint density at radius 1 is 1.07 bits per heavy atom. The van der Waals surface area contributed by atoms with E-state index in [-0.39, 0.29) is 23.2 Å². The molecule has 7 heteroatoms. The molecule has 6 nitrogen and oxygen atoms in total. The maximum Gasteiger partial charge on any atom is 0.308 e. The fourth-order valence-corrected chi connectivity index (χ4v) is 5.23. The van der Waals surface area contributed by atoms with E-state index in [2.05, 4.69) is 15.3 Å². The third-order valence-corrected chi connectivity index (χ3v) is 6.53. The second-order valence-corrected chi connectivity index (χ2v) is 8.15. The standard InChI is InChI=1S/C21H21ClN4O2/c22-21-24-18(23-17-13-8-6-12(7-9-13)16(17)20(27)28)15-10-11-26(19(15)25-21)14-4-2-1-3-5-14/h1-5,10-13,16-17H,6-9H2,(H,27,28)(H,23,24,25). The lowest BCUT2D eigenvalue weighted by Crippen LogP contribution is -2.51. The van der Waals surface area contributed by atoms with E-state index < -0.39 is 5.97 Å². The van der Waals surface area contributed by atoms with Gasteiger partial charge in [0, 0.05) is 17.9 Å². The molecule has 28 heavy (non-hydrogen) atoms. The van der Waals surface area contributed by atoms with Crippen LogP contribution in [0.3, 0.4) is 0 Å². The minimum absolute atomic E-state index is 0.126. The number of carboxylic acid groups (broad SMARTS) is 1. The van der Waals surface area contributed by atoms with Gasteiger partial charge in [0.25, 0.3) is 0 Å². The zero-order valence-electron chi connectivity index (χ0n) is 15.3. The highest BCUT2D eigenvalue weighted by molar-refractivity contribution is 6.28. The molecule has 2 aromatic heterocycles. The van der Waals surface area contributed by atoms with Crippen molar-refractivity contribution in [3.8, 4) is 5.69 Å². The molecule has 2 atom stereocenters. The van der Waals surface area contributed by atoms with Crippen molar-refractivity contribution in [1.82, 2.24) is 14.5 Å². The summed E-state index contributed by atoms with van der Waals surface area (Å²) in [6.45, 7) is 0. The molecular weight excluding hydrogens is 376 g/mol. The molecule has 3 aromatic rings. The van der Waals surface area contributed by atoms with Crippen molar-refractivity contribution in [2.45, 2.75) is 31.7 Å². The molecule has 1 aromatic carbocycles. The lowest BCUT2D eigenvalue weighted by atomic mass is 9.61. The highest BCUT2D eigenvalue weighted by atomic mass is 35.5. The van der Waals surface area contributed by atoms with Gasteiger partial charge in [0.2, 0.25) is 5.28 Å². The number of carbonyl (C=O) groups is 1. The van der Waals surface area contributed by atoms with Gasteiger partial charge in [-0.3, -0.25) is 4.79 Å². The Labute approximate surface area is 167 Å². The average molecular weight is 397 g/mol. The van der Waals surface area contributed by atoms with Crippen LogP contribution in [0.5, 0.6) is 0 Å². The van der Waals surface area contributed by atoms with Crippen LogP contribution in [0.25, 0.3) is 16.7 Å². The topological polar surface area (TPSA) is 80.0 Å². The van der Waals surface area contributed by atoms with Gasteiger partial charge in [-0.2, -0.15) is 4.98 Å². The van der Waals surface area contributed by atoms with Crippen molar-refractivity contribution >= 4 is 34.4 Å². The maximum absolute atomic E-state index is 12.0. The Balaban J connectivity index is 1.56. The van der Waals surface area contributed by atoms with Crippen molar-refractivity contribution in [3.63, 3.8) is 0 Å². The molecule has 3 fully saturated rings. The molecule has 144 valence electrons. The summed E-state index contributed by atoms with van der Waals surface area (Å²) in [6.07, 6.45) is 6.09. The summed E-state index contributed by atoms with van der Waals surface area (Å²) in [7, 11) is 0. The first kappa shape index (κ1) is 17.5. The van der Waals surface area contributed by atoms with Crippen LogP contribution < -0.4 is 5.32 Å². The largest absolute Gasteiger partial charge is 0.481 e. The first-order valence-corrected chi connectivity index (χ1v) is 10.1. The quantitative estimate of drug-likeness (QED) is 0.640. The third-order valence-electron chi connectivity index (χ3n) is 6.36. The van der Waals surface area contributed by atoms with Gasteiger partial charge >= 0.3 is 5.97 Å². The summed E-state index contributed by atoms with van der Waals surface area (Å²) in [5.74, 6) is 0.110. The molecule has 2 bridgehead atoms. The fraction of sp³-hybridized carbons (Fsp3) is 0.381. The Kier molecular flexibility index (Phi) is 4.23. The fourth-order valence-electron chi connectivity index (χ4n) is 5.07. The highest BCUT2D eigenvalue weighted by Gasteiger charge is 2.47. The Bertz CT molecular complexity index is 1030. The lowest BCUT2D eigenvalue weighted by molar-refractivity contribution is -0.148. The Hall–Kier alpha value is -2.60. The lowest BCUT2D eigenvalue weighted by Gasteiger charge is -2.47. The Morgan fingerprint density at radius 3 is 2.50 bits per heavy atom. The third kappa shape index (κ3) is 2.83. The van der Waals surface area contributed by atoms with Crippen LogP contribution in [0.2, 0.25) is 5.28 Å². The van der Waals surface area contributed by atoms with Crippen molar-refractivity contribution in [1.29, 1.82) is 0 Å². The van der Waals surface area contributed by atoms with Gasteiger partial charge in [0.15, 0.2) is 5.65 Å². The summed E-state index contributed by atoms with van der Waals surface area (Å²) in [5.41, 5.74) is 1.69. The van der Waals surface area contributed by atoms with E-state index >= 15 is 0 Å². The SMILES string of the molecule is O=C(O)C1C2CCC(CC2)C1Nc1nc(Cl)nc2c1ccn2-c1ccccc1. The van der Waals surface area contributed by atoms with E-state index in [0.29, 0.717) is 17.4 Å². The molecule has 3 saturated carbocycles. The summed E-state index contributed by atoms with van der Waals surface area (Å²) in [4.78, 5) is 20.8. The number of nitrogens with one attached hydrogen (secondary N) is 1. The van der Waals surface area contributed by atoms with Gasteiger partial charge < -0.3 is 15.0 Å². The number of rotatable bonds is 4. The zero-order chi connectivity index (χ0) is 19.3. The van der Waals surface area contributed by atoms with Gasteiger partial charge in [-0.1, -0.05) is 18.2 Å². The molecule has 0 amide bonds. The van der Waals surface area contributed by atoms with Crippen molar-refractivity contribution in [2.75, 3.05) is 5.32 Å². The zero-order valence-corrected chi connectivity index (χ0v) is 16.0. The monoisotopic (exact) mass is 396 g/mol. The molecule has 2 heterocycles. The van der Waals surface area contributed by atoms with E-state index in [4.69, 9.17) is 11.6 Å². The summed E-state index contributed by atoms with van der Waals surface area (Å²) in [5, 5.41) is 14.3. The second kappa shape index (κ2) is 6.78. The van der Waals surface area contributed by atoms with Gasteiger partial charge in [-0.25, -0.2) is 4.98 Å². The molecule has 2 unspecified atom stereocenters. The summed E-state index contributed by atoms with van der Waals surface area (Å²) < 4.78 is 1.97. The minimum atomic E-state index is -0.717. The number of nitrogens with zero attached hydrogens (tertiary/aromatic N) is 3. The summed E-state index contributed by atoms with van der Waals surface area (Å²) in [6, 6.07) is 11.7. The van der Waals surface area contributed by atoms with Gasteiger partial charge in [0.1, 0.15) is 5.82 Å². The average Bonchev–Trinajstić information content (AvgIpc) is 3.13. The second-order valence-electron chi connectivity index (χ2n) is 7.81. The number of hydrogen-bond acceptors (Lipinski definition) is 4. The van der Waals surface area contributed by atoms with Crippen LogP contribution in [0, 0.1) is 17.8 Å². The highest BCUT2D eigenvalue weighted by Crippen LogP contribution is 2.46. The van der Waals surface area contributed by atoms with E-state index in [0.717, 1.165) is 36.8 Å². The van der Waals surface area contributed by atoms with E-state index in [1.165, 1.54) is 0 Å². The number of anilines is 1. The number of para-hydroxylation sites is 1. The van der Waals surface area contributed by atoms with E-state index in [9.17, 15) is 9.90 Å². The molecule has 0 saturated heterocycles. The Morgan fingerprint density at radius 2 is 1.79 bits per heavy atom. The number of hydrogen-bond donors (Lipinski definition) is 2. The first-order chi connectivity index (χ1) is 13.6. The normalized spacial score (nSPS) is 26.5. The number of aromatic nitrogens is 3. The molecular formula is C21H21ClN4O2. The van der Waals surface area contributed by atoms with Crippen molar-refractivity contribution in [3.05, 3.63) is 47.9 Å². The van der Waals surface area contributed by atoms with Crippen LogP contribution in [0.1, 0.15) is 25.7 Å². The van der Waals surface area contributed by atoms with Crippen molar-refractivity contribution < 1.29 is 9.90 Å². The molecule has 6 rings (SSSR count). The summed E-state index contributed by atoms with van der Waals surface area (Å²) >= 11 is 6.24. The van der Waals surface area contributed by atoms with Gasteiger partial charge in [0.05, 0.1) is 11.3 Å². The molecule has 0 radical (unpaired) electrons. The number of halogens is 1. The van der Waals surface area contributed by atoms with E-state index in [1.807, 2.05) is 47.2 Å². The number of benzene rings is 1. The smallest absolute Gasteiger partial charge is 0.308 e. The van der Waals surface area contributed by atoms with E-state index in [1.54, 1.807) is 0 Å². The minimum Gasteiger partial charge on any atom is -0.481 e. The maximum atomic E-state index is 12.0. The molecule has 0 spiro atoms. The van der Waals surface area contributed by atoms with Crippen LogP contribution in [0.4, 0.5) is 5.82 Å². The van der Waals surface area contributed by atoms with Crippen LogP contribution in [0.15, 0.2) is 42.6 Å². The number of aliphatic carboxylic acids is 1. The van der Waals surface area contributed by atoms with Crippen LogP contribution >= 0.6 is 11.6 Å². The number of fused-ring (bicyclic) bond motifs is 4. The van der Waals surface area contributed by atoms with Crippen molar-refractivity contribution in [2.24, 2.45) is 17.8 Å². The van der Waals surface area contributed by atoms with Crippen LogP contribution in [-0.2, 0) is 4.79 Å². The van der Waals surface area contributed by atoms with Gasteiger partial charge in [-0.15, -0.1) is 0 Å². The molecule has 3 aliphatic rings. The predicted molar refractivity (Wildman–Crippen MR) is 108 cm³/mol. The predicted octanol–water partition coefficient (Wildman–Crippen LogP) is 4.38. The molecule has 2 N–H and O–H groups in total.